The van der Waals surface area contributed by atoms with Crippen molar-refractivity contribution in [2.75, 3.05) is 6.61 Å². The average Bonchev–Trinajstić information content (AvgIpc) is 4.06. The zero-order chi connectivity index (χ0) is 44.9. The number of hydrogen-bond donors (Lipinski definition) is 4. The summed E-state index contributed by atoms with van der Waals surface area (Å²) in [5.74, 6) is -7.29. The molecular formula is C47H68O16. The Labute approximate surface area is 369 Å². The molecule has 9 heterocycles. The van der Waals surface area contributed by atoms with Crippen LogP contribution in [-0.2, 0) is 57.0 Å². The molecule has 0 unspecified atom stereocenters. The van der Waals surface area contributed by atoms with E-state index in [4.69, 9.17) is 42.6 Å². The number of aliphatic hydroxyl groups is 3. The number of carbonyl (C=O) groups excluding carboxylic acids is 2. The van der Waals surface area contributed by atoms with Gasteiger partial charge in [0.15, 0.2) is 23.0 Å². The zero-order valence-corrected chi connectivity index (χ0v) is 37.5. The van der Waals surface area contributed by atoms with Crippen LogP contribution in [0.2, 0.25) is 0 Å². The minimum Gasteiger partial charge on any atom is -0.479 e. The number of esters is 1. The van der Waals surface area contributed by atoms with Crippen LogP contribution < -0.4 is 0 Å². The van der Waals surface area contributed by atoms with E-state index in [1.165, 1.54) is 0 Å². The van der Waals surface area contributed by atoms with Crippen LogP contribution in [-0.4, -0.2) is 140 Å². The normalized spacial score (nSPS) is 52.9. The van der Waals surface area contributed by atoms with Gasteiger partial charge in [-0.1, -0.05) is 37.6 Å². The van der Waals surface area contributed by atoms with Gasteiger partial charge in [-0.05, 0) is 90.9 Å². The number of carbonyl (C=O) groups is 3. The third kappa shape index (κ3) is 8.18. The third-order valence-corrected chi connectivity index (χ3v) is 16.0. The Bertz CT molecular complexity index is 1860. The van der Waals surface area contributed by atoms with Crippen LogP contribution in [0.25, 0.3) is 0 Å². The molecule has 0 aromatic carbocycles. The maximum absolute atomic E-state index is 14.1. The van der Waals surface area contributed by atoms with Crippen molar-refractivity contribution < 1.29 is 77.4 Å². The molecule has 0 aliphatic carbocycles. The summed E-state index contributed by atoms with van der Waals surface area (Å²) in [6.45, 7) is 11.6. The molecule has 9 aliphatic rings. The molecule has 63 heavy (non-hydrogen) atoms. The highest BCUT2D eigenvalue weighted by atomic mass is 16.8. The highest BCUT2D eigenvalue weighted by Crippen LogP contribution is 2.55. The number of allylic oxidation sites excluding steroid dienone is 3. The summed E-state index contributed by atoms with van der Waals surface area (Å²) >= 11 is 0. The van der Waals surface area contributed by atoms with E-state index in [1.807, 2.05) is 32.9 Å². The first-order chi connectivity index (χ1) is 29.7. The maximum atomic E-state index is 14.1. The number of ether oxygens (including phenoxy) is 9. The van der Waals surface area contributed by atoms with Crippen molar-refractivity contribution in [2.24, 2.45) is 17.8 Å². The summed E-state index contributed by atoms with van der Waals surface area (Å²) in [6, 6.07) is 0. The molecule has 0 amide bonds. The Balaban J connectivity index is 1.01. The Morgan fingerprint density at radius 1 is 0.810 bits per heavy atom. The summed E-state index contributed by atoms with van der Waals surface area (Å²) in [4.78, 5) is 40.9. The van der Waals surface area contributed by atoms with Gasteiger partial charge >= 0.3 is 11.9 Å². The smallest absolute Gasteiger partial charge is 0.336 e. The van der Waals surface area contributed by atoms with Crippen LogP contribution in [0.3, 0.4) is 0 Å². The zero-order valence-electron chi connectivity index (χ0n) is 37.5. The van der Waals surface area contributed by atoms with Gasteiger partial charge in [-0.25, -0.2) is 4.79 Å². The highest BCUT2D eigenvalue weighted by molar-refractivity contribution is 5.87. The van der Waals surface area contributed by atoms with E-state index in [1.54, 1.807) is 13.8 Å². The van der Waals surface area contributed by atoms with E-state index < -0.39 is 113 Å². The van der Waals surface area contributed by atoms with E-state index in [-0.39, 0.29) is 56.3 Å². The molecule has 9 rings (SSSR count). The van der Waals surface area contributed by atoms with Gasteiger partial charge in [0.1, 0.15) is 48.3 Å². The number of rotatable bonds is 2. The third-order valence-electron chi connectivity index (χ3n) is 16.0. The lowest BCUT2D eigenvalue weighted by Gasteiger charge is -2.46. The number of carboxylic acids is 1. The van der Waals surface area contributed by atoms with E-state index in [2.05, 4.69) is 13.0 Å². The van der Waals surface area contributed by atoms with E-state index in [0.29, 0.717) is 57.8 Å². The van der Waals surface area contributed by atoms with Crippen molar-refractivity contribution in [3.05, 3.63) is 23.8 Å². The van der Waals surface area contributed by atoms with Crippen molar-refractivity contribution in [2.45, 2.75) is 227 Å². The van der Waals surface area contributed by atoms with Crippen LogP contribution in [0.4, 0.5) is 0 Å². The molecule has 2 spiro atoms. The summed E-state index contributed by atoms with van der Waals surface area (Å²) in [6.07, 6.45) is 2.32. The fraction of sp³-hybridized carbons (Fsp3) is 0.851. The van der Waals surface area contributed by atoms with Crippen LogP contribution in [0, 0.1) is 17.8 Å². The molecule has 16 heteroatoms. The summed E-state index contributed by atoms with van der Waals surface area (Å²) in [5.41, 5.74) is -2.63. The van der Waals surface area contributed by atoms with Crippen molar-refractivity contribution in [3.63, 3.8) is 0 Å². The highest BCUT2D eigenvalue weighted by Gasteiger charge is 2.68. The molecule has 4 N–H and O–H groups in total. The first kappa shape index (κ1) is 45.8. The van der Waals surface area contributed by atoms with Crippen LogP contribution in [0.1, 0.15) is 131 Å². The number of ketones is 1. The number of aliphatic carboxylic acids is 1. The standard InChI is InChI=1S/C47H68O16/c1-25-9-10-31-33(21-36(56-31)47(54)38(49)27(3)13-19-55-47)57-40(51)28(4)30-8-7-14-45(58-30)16-11-32(59-45)39(50)43(6)23-29(48)37(62-43)34-24-44(41(52)53)17-18-46(60-34,63-44)35-12-15-42(5,61-35)22-26(2)20-25/h9-10,20,26-28,30-39,49-50,54H,7-8,11-19,21-24H2,1-6H3,(H,52,53)/t26-,27+,28+,30-,31+,32-,33+,34+,35+,36-,37-,38+,39-,42+,43+,44-,45+,46-,47+/m0/s1. The maximum Gasteiger partial charge on any atom is 0.336 e. The minimum atomic E-state index is -1.99. The second-order valence-corrected chi connectivity index (χ2v) is 21.1. The molecule has 9 aliphatic heterocycles. The predicted octanol–water partition coefficient (Wildman–Crippen LogP) is 4.32. The molecule has 8 fully saturated rings. The van der Waals surface area contributed by atoms with Gasteiger partial charge < -0.3 is 63.1 Å². The topological polar surface area (TPSA) is 215 Å². The molecule has 0 aromatic heterocycles. The molecule has 16 nitrogen and oxygen atoms in total. The van der Waals surface area contributed by atoms with Gasteiger partial charge in [-0.15, -0.1) is 0 Å². The number of Topliss-reactive ketones (excluding diaryl/α,β-unsaturated/α-hetero) is 1. The Kier molecular flexibility index (Phi) is 12.0. The second kappa shape index (κ2) is 16.5. The Morgan fingerprint density at radius 2 is 1.59 bits per heavy atom. The summed E-state index contributed by atoms with van der Waals surface area (Å²) in [5, 5.41) is 45.4. The molecule has 352 valence electrons. The summed E-state index contributed by atoms with van der Waals surface area (Å²) in [7, 11) is 0. The molecule has 10 bridgehead atoms. The van der Waals surface area contributed by atoms with Gasteiger partial charge in [0.25, 0.3) is 0 Å². The van der Waals surface area contributed by atoms with Crippen molar-refractivity contribution in [1.82, 2.24) is 0 Å². The van der Waals surface area contributed by atoms with E-state index >= 15 is 0 Å². The molecule has 8 saturated heterocycles. The molecule has 19 atom stereocenters. The molecular weight excluding hydrogens is 821 g/mol. The lowest BCUT2D eigenvalue weighted by atomic mass is 9.87. The SMILES string of the molecule is CC1=C[C@H](C)C[C@@]2(C)CC[C@@H](O2)[C@@]23CC[C@@](C(=O)O)(C[C@@H](O2)[C@H]2O[C@](C)(CC2=O)[C@@H](O)[C@@H]2CC[C@@]4(CCC[C@H](O4)[C@@H](C)C(=O)O[C@@H]4C[C@@H]([C@@]5(O)OCC[C@@H](C)[C@H]5O)O[C@@H]4C=C1)O2)O3. The second-order valence-electron chi connectivity index (χ2n) is 21.1. The first-order valence-corrected chi connectivity index (χ1v) is 23.5. The first-order valence-electron chi connectivity index (χ1n) is 23.5. The fourth-order valence-electron chi connectivity index (χ4n) is 12.5. The largest absolute Gasteiger partial charge is 0.479 e. The van der Waals surface area contributed by atoms with Crippen LogP contribution >= 0.6 is 0 Å². The quantitative estimate of drug-likeness (QED) is 0.284. The van der Waals surface area contributed by atoms with E-state index in [0.717, 1.165) is 5.57 Å². The van der Waals surface area contributed by atoms with Crippen molar-refractivity contribution in [3.8, 4) is 0 Å². The monoisotopic (exact) mass is 888 g/mol. The van der Waals surface area contributed by atoms with Crippen molar-refractivity contribution in [1.29, 1.82) is 0 Å². The number of fused-ring (bicyclic) bond motifs is 10. The molecule has 0 radical (unpaired) electrons. The number of hydrogen-bond acceptors (Lipinski definition) is 15. The lowest BCUT2D eigenvalue weighted by Crippen LogP contribution is -2.60. The van der Waals surface area contributed by atoms with Crippen molar-refractivity contribution >= 4 is 17.7 Å². The fourth-order valence-corrected chi connectivity index (χ4v) is 12.5. The van der Waals surface area contributed by atoms with E-state index in [9.17, 15) is 34.8 Å². The Hall–Kier alpha value is -2.35. The van der Waals surface area contributed by atoms with Gasteiger partial charge in [0, 0.05) is 38.5 Å². The van der Waals surface area contributed by atoms with Gasteiger partial charge in [-0.3, -0.25) is 9.59 Å². The average molecular weight is 889 g/mol. The summed E-state index contributed by atoms with van der Waals surface area (Å²) < 4.78 is 58.2. The van der Waals surface area contributed by atoms with Gasteiger partial charge in [0.2, 0.25) is 5.79 Å². The lowest BCUT2D eigenvalue weighted by molar-refractivity contribution is -0.358. The van der Waals surface area contributed by atoms with Crippen LogP contribution in [0.15, 0.2) is 23.8 Å². The van der Waals surface area contributed by atoms with Gasteiger partial charge in [-0.2, -0.15) is 0 Å². The number of carboxylic acid groups (broad SMARTS) is 1. The predicted molar refractivity (Wildman–Crippen MR) is 220 cm³/mol. The molecule has 0 aromatic rings. The number of aliphatic hydroxyl groups excluding tert-OH is 2. The van der Waals surface area contributed by atoms with Gasteiger partial charge in [0.05, 0.1) is 36.4 Å². The Morgan fingerprint density at radius 3 is 2.37 bits per heavy atom. The van der Waals surface area contributed by atoms with Crippen LogP contribution in [0.5, 0.6) is 0 Å². The molecule has 0 saturated carbocycles. The minimum absolute atomic E-state index is 0.0310.